The van der Waals surface area contributed by atoms with Crippen LogP contribution in [0.25, 0.3) is 0 Å². The molecule has 86 valence electrons. The zero-order chi connectivity index (χ0) is 11.9. The van der Waals surface area contributed by atoms with Crippen LogP contribution in [0, 0.1) is 5.82 Å². The minimum Gasteiger partial charge on any atom is -0.337 e. The summed E-state index contributed by atoms with van der Waals surface area (Å²) < 4.78 is 13.7. The summed E-state index contributed by atoms with van der Waals surface area (Å²) in [6, 6.07) is 3.65. The molecule has 2 N–H and O–H groups in total. The molecule has 16 heavy (non-hydrogen) atoms. The number of carbonyl (C=O) groups is 1. The smallest absolute Gasteiger partial charge is 0.224 e. The van der Waals surface area contributed by atoms with E-state index in [4.69, 9.17) is 17.3 Å². The maximum absolute atomic E-state index is 13.7. The van der Waals surface area contributed by atoms with Crippen LogP contribution in [-0.4, -0.2) is 23.9 Å². The lowest BCUT2D eigenvalue weighted by Crippen LogP contribution is -2.30. The maximum Gasteiger partial charge on any atom is 0.224 e. The lowest BCUT2D eigenvalue weighted by Gasteiger charge is -2.23. The molecule has 1 aromatic rings. The fourth-order valence-corrected chi connectivity index (χ4v) is 2.24. The number of hydrogen-bond acceptors (Lipinski definition) is 2. The molecule has 0 aliphatic carbocycles. The van der Waals surface area contributed by atoms with Gasteiger partial charge in [-0.3, -0.25) is 4.79 Å². The molecule has 1 saturated heterocycles. The van der Waals surface area contributed by atoms with Crippen molar-refractivity contribution in [3.05, 3.63) is 34.6 Å². The second-order valence-electron chi connectivity index (χ2n) is 3.98. The molecule has 0 radical (unpaired) electrons. The third-order valence-electron chi connectivity index (χ3n) is 2.91. The summed E-state index contributed by atoms with van der Waals surface area (Å²) in [5, 5.41) is 0.335. The lowest BCUT2D eigenvalue weighted by molar-refractivity contribution is -0.127. The van der Waals surface area contributed by atoms with Gasteiger partial charge in [0.25, 0.3) is 0 Å². The molecule has 1 aromatic carbocycles. The quantitative estimate of drug-likeness (QED) is 0.815. The first kappa shape index (κ1) is 11.4. The molecule has 0 bridgehead atoms. The van der Waals surface area contributed by atoms with Gasteiger partial charge in [0.1, 0.15) is 5.82 Å². The molecule has 1 heterocycles. The molecule has 5 heteroatoms. The minimum atomic E-state index is -0.422. The Bertz CT molecular complexity index is 438. The number of rotatable bonds is 1. The number of hydrogen-bond donors (Lipinski definition) is 1. The number of likely N-dealkylation sites (tertiary alicyclic amines) is 1. The average molecular weight is 243 g/mol. The summed E-state index contributed by atoms with van der Waals surface area (Å²) >= 11 is 5.67. The monoisotopic (exact) mass is 242 g/mol. The Kier molecular flexibility index (Phi) is 2.86. The van der Waals surface area contributed by atoms with Gasteiger partial charge in [-0.25, -0.2) is 4.39 Å². The van der Waals surface area contributed by atoms with Crippen LogP contribution in [0.2, 0.25) is 5.02 Å². The van der Waals surface area contributed by atoms with Crippen molar-refractivity contribution >= 4 is 17.5 Å². The highest BCUT2D eigenvalue weighted by atomic mass is 35.5. The van der Waals surface area contributed by atoms with Gasteiger partial charge in [0.2, 0.25) is 5.91 Å². The van der Waals surface area contributed by atoms with Gasteiger partial charge in [0.05, 0.1) is 6.04 Å². The predicted octanol–water partition coefficient (Wildman–Crippen LogP) is 1.71. The molecular weight excluding hydrogens is 231 g/mol. The Hall–Kier alpha value is -1.13. The maximum atomic E-state index is 13.7. The van der Waals surface area contributed by atoms with Crippen molar-refractivity contribution in [1.29, 1.82) is 0 Å². The predicted molar refractivity (Wildman–Crippen MR) is 59.5 cm³/mol. The number of halogens is 2. The van der Waals surface area contributed by atoms with E-state index in [1.54, 1.807) is 19.2 Å². The summed E-state index contributed by atoms with van der Waals surface area (Å²) in [4.78, 5) is 12.9. The minimum absolute atomic E-state index is 0.0631. The molecule has 3 nitrogen and oxygen atoms in total. The second kappa shape index (κ2) is 4.03. The third kappa shape index (κ3) is 1.79. The van der Waals surface area contributed by atoms with Gasteiger partial charge in [-0.1, -0.05) is 17.7 Å². The van der Waals surface area contributed by atoms with E-state index in [1.807, 2.05) is 0 Å². The molecule has 1 aliphatic rings. The first-order chi connectivity index (χ1) is 7.50. The van der Waals surface area contributed by atoms with Crippen LogP contribution in [-0.2, 0) is 4.79 Å². The van der Waals surface area contributed by atoms with Crippen LogP contribution in [0.3, 0.4) is 0 Å². The number of nitrogens with two attached hydrogens (primary N) is 1. The lowest BCUT2D eigenvalue weighted by atomic mass is 10.0. The molecular formula is C11H12ClFN2O. The molecule has 0 aromatic heterocycles. The van der Waals surface area contributed by atoms with Gasteiger partial charge < -0.3 is 10.6 Å². The highest BCUT2D eigenvalue weighted by Gasteiger charge is 2.37. The van der Waals surface area contributed by atoms with E-state index in [0.29, 0.717) is 10.6 Å². The van der Waals surface area contributed by atoms with E-state index in [9.17, 15) is 9.18 Å². The van der Waals surface area contributed by atoms with E-state index in [1.165, 1.54) is 11.0 Å². The second-order valence-corrected chi connectivity index (χ2v) is 4.42. The number of likely N-dealkylation sites (N-methyl/N-ethyl adjacent to an activating group) is 1. The highest BCUT2D eigenvalue weighted by Crippen LogP contribution is 2.32. The van der Waals surface area contributed by atoms with Crippen molar-refractivity contribution in [2.45, 2.75) is 18.5 Å². The normalized spacial score (nSPS) is 25.2. The molecule has 1 amide bonds. The van der Waals surface area contributed by atoms with Crippen LogP contribution >= 0.6 is 11.6 Å². The molecule has 0 spiro atoms. The van der Waals surface area contributed by atoms with E-state index in [2.05, 4.69) is 0 Å². The van der Waals surface area contributed by atoms with Crippen molar-refractivity contribution in [3.63, 3.8) is 0 Å². The van der Waals surface area contributed by atoms with Crippen LogP contribution < -0.4 is 5.73 Å². The number of benzene rings is 1. The van der Waals surface area contributed by atoms with E-state index in [-0.39, 0.29) is 18.4 Å². The van der Waals surface area contributed by atoms with E-state index >= 15 is 0 Å². The average Bonchev–Trinajstić information content (AvgIpc) is 2.43. The van der Waals surface area contributed by atoms with Crippen molar-refractivity contribution < 1.29 is 9.18 Å². The molecule has 2 unspecified atom stereocenters. The number of amides is 1. The number of carbonyl (C=O) groups excluding carboxylic acids is 1. The van der Waals surface area contributed by atoms with Gasteiger partial charge in [0, 0.05) is 30.1 Å². The summed E-state index contributed by atoms with van der Waals surface area (Å²) in [5.74, 6) is -0.485. The van der Waals surface area contributed by atoms with Gasteiger partial charge in [0.15, 0.2) is 0 Å². The largest absolute Gasteiger partial charge is 0.337 e. The van der Waals surface area contributed by atoms with Crippen molar-refractivity contribution in [3.8, 4) is 0 Å². The standard InChI is InChI=1S/C11H12ClFN2O/c1-15-10(16)5-9(14)11(15)7-3-2-6(12)4-8(7)13/h2-4,9,11H,5,14H2,1H3. The van der Waals surface area contributed by atoms with Crippen LogP contribution in [0.15, 0.2) is 18.2 Å². The van der Waals surface area contributed by atoms with Gasteiger partial charge >= 0.3 is 0 Å². The van der Waals surface area contributed by atoms with Crippen molar-refractivity contribution in [1.82, 2.24) is 4.90 Å². The summed E-state index contributed by atoms with van der Waals surface area (Å²) in [7, 11) is 1.63. The fourth-order valence-electron chi connectivity index (χ4n) is 2.08. The Morgan fingerprint density at radius 2 is 2.25 bits per heavy atom. The van der Waals surface area contributed by atoms with E-state index in [0.717, 1.165) is 0 Å². The number of nitrogens with zero attached hydrogens (tertiary/aromatic N) is 1. The van der Waals surface area contributed by atoms with E-state index < -0.39 is 11.9 Å². The Labute approximate surface area is 98.0 Å². The zero-order valence-corrected chi connectivity index (χ0v) is 9.54. The first-order valence-electron chi connectivity index (χ1n) is 4.97. The highest BCUT2D eigenvalue weighted by molar-refractivity contribution is 6.30. The third-order valence-corrected chi connectivity index (χ3v) is 3.14. The van der Waals surface area contributed by atoms with Crippen LogP contribution in [0.4, 0.5) is 4.39 Å². The molecule has 0 saturated carbocycles. The first-order valence-corrected chi connectivity index (χ1v) is 5.34. The fraction of sp³-hybridized carbons (Fsp3) is 0.364. The van der Waals surface area contributed by atoms with Crippen molar-refractivity contribution in [2.24, 2.45) is 5.73 Å². The molecule has 1 aliphatic heterocycles. The molecule has 2 atom stereocenters. The SMILES string of the molecule is CN1C(=O)CC(N)C1c1ccc(Cl)cc1F. The molecule has 2 rings (SSSR count). The van der Waals surface area contributed by atoms with Gasteiger partial charge in [-0.15, -0.1) is 0 Å². The topological polar surface area (TPSA) is 46.3 Å². The summed E-state index contributed by atoms with van der Waals surface area (Å²) in [6.07, 6.45) is 0.253. The Balaban J connectivity index is 2.40. The molecule has 1 fully saturated rings. The Morgan fingerprint density at radius 1 is 1.56 bits per heavy atom. The van der Waals surface area contributed by atoms with Gasteiger partial charge in [-0.05, 0) is 12.1 Å². The Morgan fingerprint density at radius 3 is 2.75 bits per heavy atom. The van der Waals surface area contributed by atoms with Crippen LogP contribution in [0.5, 0.6) is 0 Å². The van der Waals surface area contributed by atoms with Gasteiger partial charge in [-0.2, -0.15) is 0 Å². The summed E-state index contributed by atoms with van der Waals surface area (Å²) in [6.45, 7) is 0. The van der Waals surface area contributed by atoms with Crippen LogP contribution in [0.1, 0.15) is 18.0 Å². The zero-order valence-electron chi connectivity index (χ0n) is 8.78. The summed E-state index contributed by atoms with van der Waals surface area (Å²) in [5.41, 5.74) is 6.26. The van der Waals surface area contributed by atoms with Crippen molar-refractivity contribution in [2.75, 3.05) is 7.05 Å².